The van der Waals surface area contributed by atoms with Crippen LogP contribution >= 0.6 is 22.6 Å². The second-order valence-electron chi connectivity index (χ2n) is 7.44. The summed E-state index contributed by atoms with van der Waals surface area (Å²) >= 11 is 2.25. The Balaban J connectivity index is 1.34. The minimum Gasteiger partial charge on any atom is -0.355 e. The number of hydrogen-bond acceptors (Lipinski definition) is 5. The van der Waals surface area contributed by atoms with Crippen molar-refractivity contribution in [2.45, 2.75) is 25.7 Å². The van der Waals surface area contributed by atoms with E-state index < -0.39 is 0 Å². The molecule has 0 aliphatic carbocycles. The maximum absolute atomic E-state index is 12.7. The van der Waals surface area contributed by atoms with Gasteiger partial charge in [0.2, 0.25) is 0 Å². The fraction of sp³-hybridized carbons (Fsp3) is 0.476. The molecule has 1 amide bonds. The van der Waals surface area contributed by atoms with Crippen LogP contribution in [0.4, 0.5) is 11.6 Å². The zero-order valence-corrected chi connectivity index (χ0v) is 18.2. The average molecular weight is 491 g/mol. The van der Waals surface area contributed by atoms with E-state index >= 15 is 0 Å². The highest BCUT2D eigenvalue weighted by Gasteiger charge is 2.23. The summed E-state index contributed by atoms with van der Waals surface area (Å²) in [4.78, 5) is 19.2. The summed E-state index contributed by atoms with van der Waals surface area (Å²) in [5.41, 5.74) is 0.760. The Morgan fingerprint density at radius 3 is 1.79 bits per heavy atom. The quantitative estimate of drug-likeness (QED) is 0.617. The van der Waals surface area contributed by atoms with E-state index in [1.54, 1.807) is 0 Å². The first-order valence-corrected chi connectivity index (χ1v) is 11.2. The van der Waals surface area contributed by atoms with Gasteiger partial charge in [0, 0.05) is 48.4 Å². The molecule has 2 aliphatic heterocycles. The third kappa shape index (κ3) is 4.56. The van der Waals surface area contributed by atoms with Gasteiger partial charge in [0.1, 0.15) is 0 Å². The zero-order valence-electron chi connectivity index (χ0n) is 16.1. The summed E-state index contributed by atoms with van der Waals surface area (Å²) in [5.74, 6) is 2.00. The molecule has 1 aromatic carbocycles. The number of carbonyl (C=O) groups excluding carboxylic acids is 1. The molecule has 0 radical (unpaired) electrons. The lowest BCUT2D eigenvalue weighted by atomic mass is 10.2. The molecule has 1 aromatic heterocycles. The van der Waals surface area contributed by atoms with Gasteiger partial charge in [-0.05, 0) is 71.8 Å². The Bertz CT molecular complexity index is 779. The largest absolute Gasteiger partial charge is 0.355 e. The normalized spacial score (nSPS) is 18.1. The molecule has 2 saturated heterocycles. The molecule has 4 rings (SSSR count). The molecular weight excluding hydrogens is 465 g/mol. The van der Waals surface area contributed by atoms with Crippen LogP contribution in [0.15, 0.2) is 36.4 Å². The number of carbonyl (C=O) groups is 1. The molecule has 0 atom stereocenters. The number of rotatable bonds is 3. The van der Waals surface area contributed by atoms with Gasteiger partial charge < -0.3 is 14.7 Å². The molecule has 2 fully saturated rings. The van der Waals surface area contributed by atoms with Crippen LogP contribution in [0.3, 0.4) is 0 Å². The van der Waals surface area contributed by atoms with Crippen molar-refractivity contribution < 1.29 is 4.79 Å². The number of hydrogen-bond donors (Lipinski definition) is 0. The van der Waals surface area contributed by atoms with Crippen LogP contribution in [0.25, 0.3) is 0 Å². The van der Waals surface area contributed by atoms with Crippen LogP contribution < -0.4 is 9.80 Å². The van der Waals surface area contributed by atoms with Gasteiger partial charge in [0.15, 0.2) is 11.6 Å². The number of halogens is 1. The molecule has 0 unspecified atom stereocenters. The van der Waals surface area contributed by atoms with Gasteiger partial charge in [-0.2, -0.15) is 0 Å². The van der Waals surface area contributed by atoms with Gasteiger partial charge in [0.05, 0.1) is 0 Å². The number of nitrogens with zero attached hydrogens (tertiary/aromatic N) is 5. The maximum atomic E-state index is 12.7. The van der Waals surface area contributed by atoms with Crippen molar-refractivity contribution in [1.82, 2.24) is 15.1 Å². The summed E-state index contributed by atoms with van der Waals surface area (Å²) in [6, 6.07) is 11.9. The molecule has 0 saturated carbocycles. The summed E-state index contributed by atoms with van der Waals surface area (Å²) in [6.45, 7) is 5.14. The van der Waals surface area contributed by atoms with Crippen molar-refractivity contribution >= 4 is 40.1 Å². The molecule has 7 heteroatoms. The lowest BCUT2D eigenvalue weighted by molar-refractivity contribution is 0.0746. The Morgan fingerprint density at radius 1 is 0.714 bits per heavy atom. The van der Waals surface area contributed by atoms with Crippen molar-refractivity contribution in [3.63, 3.8) is 0 Å². The molecule has 0 bridgehead atoms. The molecular formula is C21H26IN5O. The molecule has 3 heterocycles. The number of aromatic nitrogens is 2. The van der Waals surface area contributed by atoms with Crippen LogP contribution in [0, 0.1) is 3.57 Å². The van der Waals surface area contributed by atoms with Crippen molar-refractivity contribution in [1.29, 1.82) is 0 Å². The van der Waals surface area contributed by atoms with E-state index in [1.165, 1.54) is 25.7 Å². The van der Waals surface area contributed by atoms with E-state index in [4.69, 9.17) is 0 Å². The summed E-state index contributed by atoms with van der Waals surface area (Å²) in [7, 11) is 0. The second-order valence-corrected chi connectivity index (χ2v) is 8.68. The van der Waals surface area contributed by atoms with Gasteiger partial charge in [-0.1, -0.05) is 12.8 Å². The van der Waals surface area contributed by atoms with Crippen LogP contribution in [0.2, 0.25) is 0 Å². The molecule has 0 N–H and O–H groups in total. The lowest BCUT2D eigenvalue weighted by Gasteiger charge is -2.35. The van der Waals surface area contributed by atoms with E-state index in [1.807, 2.05) is 29.2 Å². The van der Waals surface area contributed by atoms with Crippen molar-refractivity contribution in [2.24, 2.45) is 0 Å². The van der Waals surface area contributed by atoms with Gasteiger partial charge in [-0.25, -0.2) is 0 Å². The molecule has 6 nitrogen and oxygen atoms in total. The highest BCUT2D eigenvalue weighted by atomic mass is 127. The smallest absolute Gasteiger partial charge is 0.253 e. The minimum atomic E-state index is 0.110. The second kappa shape index (κ2) is 9.07. The number of amides is 1. The third-order valence-corrected chi connectivity index (χ3v) is 6.27. The van der Waals surface area contributed by atoms with Crippen LogP contribution in [0.5, 0.6) is 0 Å². The average Bonchev–Trinajstić information content (AvgIpc) is 3.04. The van der Waals surface area contributed by atoms with E-state index in [9.17, 15) is 4.79 Å². The SMILES string of the molecule is O=C(c1ccc(I)cc1)N1CCN(c2ccc(N3CCCCCC3)nn2)CC1. The first-order chi connectivity index (χ1) is 13.7. The number of piperazine rings is 1. The Labute approximate surface area is 180 Å². The highest BCUT2D eigenvalue weighted by Crippen LogP contribution is 2.20. The van der Waals surface area contributed by atoms with Gasteiger partial charge in [0.25, 0.3) is 5.91 Å². The minimum absolute atomic E-state index is 0.110. The van der Waals surface area contributed by atoms with Crippen LogP contribution in [-0.2, 0) is 0 Å². The van der Waals surface area contributed by atoms with E-state index in [-0.39, 0.29) is 5.91 Å². The van der Waals surface area contributed by atoms with Gasteiger partial charge >= 0.3 is 0 Å². The Kier molecular flexibility index (Phi) is 6.29. The third-order valence-electron chi connectivity index (χ3n) is 5.55. The first-order valence-electron chi connectivity index (χ1n) is 10.1. The monoisotopic (exact) mass is 491 g/mol. The van der Waals surface area contributed by atoms with Crippen LogP contribution in [0.1, 0.15) is 36.0 Å². The predicted octanol–water partition coefficient (Wildman–Crippen LogP) is 3.42. The predicted molar refractivity (Wildman–Crippen MR) is 120 cm³/mol. The van der Waals surface area contributed by atoms with E-state index in [0.717, 1.165) is 46.9 Å². The van der Waals surface area contributed by atoms with Crippen molar-refractivity contribution in [2.75, 3.05) is 49.1 Å². The summed E-state index contributed by atoms with van der Waals surface area (Å²) in [6.07, 6.45) is 5.10. The summed E-state index contributed by atoms with van der Waals surface area (Å²) in [5, 5.41) is 8.96. The zero-order chi connectivity index (χ0) is 19.3. The van der Waals surface area contributed by atoms with Gasteiger partial charge in [-0.15, -0.1) is 10.2 Å². The molecule has 148 valence electrons. The number of benzene rings is 1. The number of anilines is 2. The Morgan fingerprint density at radius 2 is 1.25 bits per heavy atom. The fourth-order valence-corrected chi connectivity index (χ4v) is 4.23. The lowest BCUT2D eigenvalue weighted by Crippen LogP contribution is -2.49. The fourth-order valence-electron chi connectivity index (χ4n) is 3.87. The van der Waals surface area contributed by atoms with E-state index in [0.29, 0.717) is 13.1 Å². The topological polar surface area (TPSA) is 52.6 Å². The van der Waals surface area contributed by atoms with Crippen molar-refractivity contribution in [3.8, 4) is 0 Å². The van der Waals surface area contributed by atoms with Gasteiger partial charge in [-0.3, -0.25) is 4.79 Å². The molecule has 0 spiro atoms. The first kappa shape index (κ1) is 19.4. The Hall–Kier alpha value is -1.90. The summed E-state index contributed by atoms with van der Waals surface area (Å²) < 4.78 is 1.14. The van der Waals surface area contributed by atoms with Crippen LogP contribution in [-0.4, -0.2) is 60.3 Å². The molecule has 2 aromatic rings. The molecule has 2 aliphatic rings. The standard InChI is InChI=1S/C21H26IN5O/c22-18-7-5-17(6-8-18)21(28)27-15-13-26(14-16-27)20-10-9-19(23-24-20)25-11-3-1-2-4-12-25/h5-10H,1-4,11-16H2. The highest BCUT2D eigenvalue weighted by molar-refractivity contribution is 14.1. The van der Waals surface area contributed by atoms with E-state index in [2.05, 4.69) is 54.7 Å². The molecule has 28 heavy (non-hydrogen) atoms. The van der Waals surface area contributed by atoms with Crippen molar-refractivity contribution in [3.05, 3.63) is 45.5 Å². The maximum Gasteiger partial charge on any atom is 0.253 e.